The Balaban J connectivity index is 1.06. The molecule has 0 bridgehead atoms. The Labute approximate surface area is 357 Å². The summed E-state index contributed by atoms with van der Waals surface area (Å²) in [4.78, 5) is 2.50. The van der Waals surface area contributed by atoms with Crippen LogP contribution in [0.25, 0.3) is 54.9 Å². The first-order valence-corrected chi connectivity index (χ1v) is 21.4. The third-order valence-electron chi connectivity index (χ3n) is 14.0. The van der Waals surface area contributed by atoms with Crippen molar-refractivity contribution in [2.75, 3.05) is 4.90 Å². The number of hydrogen-bond donors (Lipinski definition) is 0. The summed E-state index contributed by atoms with van der Waals surface area (Å²) in [5, 5.41) is 5.10. The number of anilines is 3. The second kappa shape index (κ2) is 13.5. The van der Waals surface area contributed by atoms with E-state index in [0.29, 0.717) is 0 Å². The molecule has 12 rings (SSSR count). The summed E-state index contributed by atoms with van der Waals surface area (Å²) >= 11 is 0. The van der Waals surface area contributed by atoms with Crippen molar-refractivity contribution in [2.24, 2.45) is 0 Å². The minimum Gasteiger partial charge on any atom is -0.310 e. The molecule has 0 spiro atoms. The molecule has 2 atom stereocenters. The molecule has 10 aromatic carbocycles. The fourth-order valence-electron chi connectivity index (χ4n) is 10.9. The standard InChI is InChI=1S/C60H43N/c1-59(44-17-5-3-6-18-44)53-24-13-11-22-50(53)52-39-47(35-37-55(52)59)61(46-33-30-40(31-34-46)42-32-36-49-43(38-42)29-28-41-16-9-10-21-48(41)49)57-27-15-26-56-58(57)51-23-12-14-25-54(51)60(56,2)45-19-7-4-8-20-45/h3-39H,1-2H3. The van der Waals surface area contributed by atoms with E-state index < -0.39 is 0 Å². The third kappa shape index (κ3) is 5.20. The Bertz CT molecular complexity index is 3330. The van der Waals surface area contributed by atoms with Crippen LogP contribution >= 0.6 is 0 Å². The summed E-state index contributed by atoms with van der Waals surface area (Å²) < 4.78 is 0. The first kappa shape index (κ1) is 35.5. The van der Waals surface area contributed by atoms with E-state index in [2.05, 4.69) is 243 Å². The average molecular weight is 778 g/mol. The summed E-state index contributed by atoms with van der Waals surface area (Å²) in [5.74, 6) is 0. The minimum atomic E-state index is -0.311. The summed E-state index contributed by atoms with van der Waals surface area (Å²) in [6, 6.07) is 83.4. The van der Waals surface area contributed by atoms with Crippen LogP contribution in [0.5, 0.6) is 0 Å². The molecule has 0 saturated carbocycles. The van der Waals surface area contributed by atoms with E-state index in [9.17, 15) is 0 Å². The Hall–Kier alpha value is -7.48. The average Bonchev–Trinajstić information content (AvgIpc) is 3.75. The molecule has 0 radical (unpaired) electrons. The van der Waals surface area contributed by atoms with E-state index >= 15 is 0 Å². The molecule has 0 saturated heterocycles. The van der Waals surface area contributed by atoms with Gasteiger partial charge in [0.1, 0.15) is 0 Å². The second-order valence-corrected chi connectivity index (χ2v) is 17.1. The van der Waals surface area contributed by atoms with E-state index in [-0.39, 0.29) is 10.8 Å². The normalized spacial score (nSPS) is 17.1. The van der Waals surface area contributed by atoms with Crippen LogP contribution in [-0.4, -0.2) is 0 Å². The lowest BCUT2D eigenvalue weighted by Crippen LogP contribution is -2.22. The Morgan fingerprint density at radius 2 is 0.869 bits per heavy atom. The van der Waals surface area contributed by atoms with Crippen LogP contribution in [0.4, 0.5) is 17.1 Å². The van der Waals surface area contributed by atoms with Gasteiger partial charge < -0.3 is 4.90 Å². The van der Waals surface area contributed by atoms with E-state index in [1.165, 1.54) is 94.0 Å². The van der Waals surface area contributed by atoms with Crippen molar-refractivity contribution >= 4 is 38.6 Å². The Morgan fingerprint density at radius 1 is 0.328 bits per heavy atom. The van der Waals surface area contributed by atoms with E-state index in [1.54, 1.807) is 0 Å². The molecule has 1 heteroatoms. The number of nitrogens with zero attached hydrogens (tertiary/aromatic N) is 1. The highest BCUT2D eigenvalue weighted by atomic mass is 15.1. The number of benzene rings is 10. The number of fused-ring (bicyclic) bond motifs is 9. The first-order chi connectivity index (χ1) is 30.0. The quantitative estimate of drug-likeness (QED) is 0.152. The molecule has 0 fully saturated rings. The largest absolute Gasteiger partial charge is 0.310 e. The van der Waals surface area contributed by atoms with Gasteiger partial charge in [0.15, 0.2) is 0 Å². The highest BCUT2D eigenvalue weighted by molar-refractivity contribution is 6.08. The van der Waals surface area contributed by atoms with Gasteiger partial charge in [-0.25, -0.2) is 0 Å². The van der Waals surface area contributed by atoms with Crippen LogP contribution in [0.2, 0.25) is 0 Å². The molecule has 0 N–H and O–H groups in total. The zero-order valence-electron chi connectivity index (χ0n) is 34.3. The zero-order valence-corrected chi connectivity index (χ0v) is 34.3. The van der Waals surface area contributed by atoms with Gasteiger partial charge >= 0.3 is 0 Å². The van der Waals surface area contributed by atoms with Gasteiger partial charge in [-0.3, -0.25) is 0 Å². The van der Waals surface area contributed by atoms with Crippen LogP contribution in [0.15, 0.2) is 224 Å². The smallest absolute Gasteiger partial charge is 0.0543 e. The number of rotatable bonds is 6. The van der Waals surface area contributed by atoms with Crippen molar-refractivity contribution < 1.29 is 0 Å². The molecule has 288 valence electrons. The van der Waals surface area contributed by atoms with Crippen LogP contribution in [0, 0.1) is 0 Å². The van der Waals surface area contributed by atoms with Crippen molar-refractivity contribution in [3.05, 3.63) is 258 Å². The number of hydrogen-bond acceptors (Lipinski definition) is 1. The van der Waals surface area contributed by atoms with Gasteiger partial charge in [-0.15, -0.1) is 0 Å². The van der Waals surface area contributed by atoms with Gasteiger partial charge in [-0.1, -0.05) is 188 Å². The predicted molar refractivity (Wildman–Crippen MR) is 256 cm³/mol. The lowest BCUT2D eigenvalue weighted by molar-refractivity contribution is 0.713. The van der Waals surface area contributed by atoms with Crippen molar-refractivity contribution in [1.29, 1.82) is 0 Å². The lowest BCUT2D eigenvalue weighted by atomic mass is 9.74. The topological polar surface area (TPSA) is 3.24 Å². The Kier molecular flexibility index (Phi) is 7.86. The maximum atomic E-state index is 2.50. The third-order valence-corrected chi connectivity index (χ3v) is 14.0. The maximum Gasteiger partial charge on any atom is 0.0543 e. The van der Waals surface area contributed by atoms with Gasteiger partial charge in [0.05, 0.1) is 5.69 Å². The fourth-order valence-corrected chi connectivity index (χ4v) is 10.9. The molecule has 0 aliphatic heterocycles. The minimum absolute atomic E-state index is 0.269. The summed E-state index contributed by atoms with van der Waals surface area (Å²) in [6.45, 7) is 4.79. The van der Waals surface area contributed by atoms with Crippen molar-refractivity contribution in [1.82, 2.24) is 0 Å². The zero-order chi connectivity index (χ0) is 40.7. The van der Waals surface area contributed by atoms with E-state index in [0.717, 1.165) is 11.4 Å². The first-order valence-electron chi connectivity index (χ1n) is 21.4. The second-order valence-electron chi connectivity index (χ2n) is 17.1. The summed E-state index contributed by atoms with van der Waals surface area (Å²) in [7, 11) is 0. The molecular formula is C60H43N. The lowest BCUT2D eigenvalue weighted by Gasteiger charge is -2.31. The molecular weight excluding hydrogens is 735 g/mol. The Morgan fingerprint density at radius 3 is 1.62 bits per heavy atom. The van der Waals surface area contributed by atoms with Crippen LogP contribution < -0.4 is 4.90 Å². The SMILES string of the molecule is CC1(c2ccccc2)c2ccccc2-c2cc(N(c3ccc(-c4ccc5c(ccc6ccccc65)c4)cc3)c3cccc4c3-c3ccccc3C4(C)c3ccccc3)ccc21. The molecule has 61 heavy (non-hydrogen) atoms. The van der Waals surface area contributed by atoms with E-state index in [1.807, 2.05) is 0 Å². The van der Waals surface area contributed by atoms with Gasteiger partial charge in [0.25, 0.3) is 0 Å². The summed E-state index contributed by atoms with van der Waals surface area (Å²) in [6.07, 6.45) is 0. The van der Waals surface area contributed by atoms with Crippen molar-refractivity contribution in [3.63, 3.8) is 0 Å². The predicted octanol–water partition coefficient (Wildman–Crippen LogP) is 15.8. The summed E-state index contributed by atoms with van der Waals surface area (Å²) in [5.41, 5.74) is 18.4. The molecule has 0 amide bonds. The highest BCUT2D eigenvalue weighted by Crippen LogP contribution is 2.58. The van der Waals surface area contributed by atoms with Gasteiger partial charge in [0, 0.05) is 27.8 Å². The highest BCUT2D eigenvalue weighted by Gasteiger charge is 2.43. The molecule has 2 unspecified atom stereocenters. The molecule has 0 heterocycles. The maximum absolute atomic E-state index is 2.50. The fraction of sp³-hybridized carbons (Fsp3) is 0.0667. The van der Waals surface area contributed by atoms with Crippen molar-refractivity contribution in [3.8, 4) is 33.4 Å². The molecule has 1 nitrogen and oxygen atoms in total. The molecule has 10 aromatic rings. The van der Waals surface area contributed by atoms with Crippen molar-refractivity contribution in [2.45, 2.75) is 24.7 Å². The van der Waals surface area contributed by atoms with Crippen LogP contribution in [-0.2, 0) is 10.8 Å². The van der Waals surface area contributed by atoms with Gasteiger partial charge in [0.2, 0.25) is 0 Å². The van der Waals surface area contributed by atoms with Gasteiger partial charge in [-0.05, 0) is 133 Å². The monoisotopic (exact) mass is 777 g/mol. The van der Waals surface area contributed by atoms with Crippen LogP contribution in [0.1, 0.15) is 47.2 Å². The van der Waals surface area contributed by atoms with E-state index in [4.69, 9.17) is 0 Å². The molecule has 0 aromatic heterocycles. The molecule has 2 aliphatic carbocycles. The molecule has 2 aliphatic rings. The van der Waals surface area contributed by atoms with Crippen LogP contribution in [0.3, 0.4) is 0 Å². The van der Waals surface area contributed by atoms with Gasteiger partial charge in [-0.2, -0.15) is 0 Å².